The Morgan fingerprint density at radius 1 is 1.19 bits per heavy atom. The summed E-state index contributed by atoms with van der Waals surface area (Å²) in [7, 11) is 0. The van der Waals surface area contributed by atoms with Crippen molar-refractivity contribution in [2.24, 2.45) is 17.1 Å². The van der Waals surface area contributed by atoms with Crippen LogP contribution in [-0.2, 0) is 0 Å². The fraction of sp³-hybridized carbons (Fsp3) is 0.556. The summed E-state index contributed by atoms with van der Waals surface area (Å²) in [6.07, 6.45) is 3.40. The minimum atomic E-state index is 0.194. The highest BCUT2D eigenvalue weighted by Crippen LogP contribution is 2.44. The zero-order chi connectivity index (χ0) is 15.2. The van der Waals surface area contributed by atoms with Gasteiger partial charge in [0, 0.05) is 22.4 Å². The summed E-state index contributed by atoms with van der Waals surface area (Å²) in [4.78, 5) is 0. The van der Waals surface area contributed by atoms with Crippen LogP contribution < -0.4 is 5.73 Å². The molecule has 0 spiro atoms. The molecule has 0 amide bonds. The summed E-state index contributed by atoms with van der Waals surface area (Å²) < 4.78 is 6.06. The third-order valence-electron chi connectivity index (χ3n) is 4.99. The molecule has 114 valence electrons. The van der Waals surface area contributed by atoms with E-state index in [1.165, 1.54) is 6.42 Å². The molecular weight excluding hydrogens is 282 g/mol. The van der Waals surface area contributed by atoms with E-state index in [1.54, 1.807) is 0 Å². The Labute approximate surface area is 131 Å². The molecule has 3 atom stereocenters. The van der Waals surface area contributed by atoms with Crippen molar-refractivity contribution in [1.82, 2.24) is 0 Å². The molecule has 2 N–H and O–H groups in total. The first-order valence-electron chi connectivity index (χ1n) is 7.79. The van der Waals surface area contributed by atoms with Crippen LogP contribution in [0.2, 0.25) is 5.02 Å². The number of hydrogen-bond acceptors (Lipinski definition) is 2. The van der Waals surface area contributed by atoms with Gasteiger partial charge in [-0.25, -0.2) is 0 Å². The highest BCUT2D eigenvalue weighted by molar-refractivity contribution is 6.31. The molecule has 3 unspecified atom stereocenters. The SMILES string of the molecule is CC(C)(C)C1CCC(N)C(c2cc3cc(Cl)ccc3o2)C1. The van der Waals surface area contributed by atoms with Gasteiger partial charge >= 0.3 is 0 Å². The van der Waals surface area contributed by atoms with Gasteiger partial charge in [-0.1, -0.05) is 32.4 Å². The van der Waals surface area contributed by atoms with E-state index < -0.39 is 0 Å². The highest BCUT2D eigenvalue weighted by Gasteiger charge is 2.36. The van der Waals surface area contributed by atoms with Crippen molar-refractivity contribution in [2.45, 2.75) is 52.0 Å². The number of halogens is 1. The molecule has 21 heavy (non-hydrogen) atoms. The molecule has 3 rings (SSSR count). The Kier molecular flexibility index (Phi) is 3.79. The Bertz CT molecular complexity index is 640. The molecule has 3 heteroatoms. The summed E-state index contributed by atoms with van der Waals surface area (Å²) in [5, 5.41) is 1.82. The van der Waals surface area contributed by atoms with Crippen molar-refractivity contribution in [2.75, 3.05) is 0 Å². The first kappa shape index (κ1) is 14.9. The molecule has 1 saturated carbocycles. The summed E-state index contributed by atoms with van der Waals surface area (Å²) in [5.74, 6) is 2.03. The molecule has 1 aromatic heterocycles. The van der Waals surface area contributed by atoms with Crippen LogP contribution in [0.25, 0.3) is 11.0 Å². The van der Waals surface area contributed by atoms with Crippen molar-refractivity contribution in [1.29, 1.82) is 0 Å². The largest absolute Gasteiger partial charge is 0.461 e. The second-order valence-corrected chi connectivity index (χ2v) is 7.91. The fourth-order valence-corrected chi connectivity index (χ4v) is 3.71. The number of hydrogen-bond donors (Lipinski definition) is 1. The summed E-state index contributed by atoms with van der Waals surface area (Å²) in [6, 6.07) is 8.09. The van der Waals surface area contributed by atoms with Gasteiger partial charge in [0.05, 0.1) is 0 Å². The number of rotatable bonds is 1. The second kappa shape index (κ2) is 5.33. The van der Waals surface area contributed by atoms with Gasteiger partial charge in [-0.3, -0.25) is 0 Å². The predicted molar refractivity (Wildman–Crippen MR) is 88.7 cm³/mol. The highest BCUT2D eigenvalue weighted by atomic mass is 35.5. The zero-order valence-electron chi connectivity index (χ0n) is 13.0. The van der Waals surface area contributed by atoms with Crippen LogP contribution in [-0.4, -0.2) is 6.04 Å². The van der Waals surface area contributed by atoms with E-state index in [0.29, 0.717) is 17.3 Å². The Balaban J connectivity index is 1.92. The third-order valence-corrected chi connectivity index (χ3v) is 5.23. The molecule has 0 bridgehead atoms. The quantitative estimate of drug-likeness (QED) is 0.772. The van der Waals surface area contributed by atoms with Gasteiger partial charge in [0.2, 0.25) is 0 Å². The average Bonchev–Trinajstić information content (AvgIpc) is 2.80. The van der Waals surface area contributed by atoms with Crippen molar-refractivity contribution in [3.63, 3.8) is 0 Å². The maximum absolute atomic E-state index is 6.38. The van der Waals surface area contributed by atoms with Crippen LogP contribution >= 0.6 is 11.6 Å². The topological polar surface area (TPSA) is 39.2 Å². The Morgan fingerprint density at radius 3 is 2.67 bits per heavy atom. The van der Waals surface area contributed by atoms with Gasteiger partial charge in [0.15, 0.2) is 0 Å². The molecule has 2 aromatic rings. The zero-order valence-corrected chi connectivity index (χ0v) is 13.8. The number of nitrogens with two attached hydrogens (primary N) is 1. The van der Waals surface area contributed by atoms with Gasteiger partial charge in [-0.15, -0.1) is 0 Å². The molecule has 0 saturated heterocycles. The van der Waals surface area contributed by atoms with Gasteiger partial charge in [0.1, 0.15) is 11.3 Å². The van der Waals surface area contributed by atoms with Gasteiger partial charge < -0.3 is 10.2 Å². The minimum absolute atomic E-state index is 0.194. The summed E-state index contributed by atoms with van der Waals surface area (Å²) >= 11 is 6.06. The van der Waals surface area contributed by atoms with Gasteiger partial charge in [0.25, 0.3) is 0 Å². The van der Waals surface area contributed by atoms with E-state index in [2.05, 4.69) is 26.8 Å². The third kappa shape index (κ3) is 2.97. The molecule has 2 nitrogen and oxygen atoms in total. The average molecular weight is 306 g/mol. The molecule has 0 radical (unpaired) electrons. The first-order chi connectivity index (χ1) is 9.84. The predicted octanol–water partition coefficient (Wildman–Crippen LogP) is 5.34. The van der Waals surface area contributed by atoms with Crippen LogP contribution in [0.15, 0.2) is 28.7 Å². The number of benzene rings is 1. The second-order valence-electron chi connectivity index (χ2n) is 7.48. The van der Waals surface area contributed by atoms with E-state index in [0.717, 1.165) is 34.6 Å². The van der Waals surface area contributed by atoms with Gasteiger partial charge in [-0.2, -0.15) is 0 Å². The lowest BCUT2D eigenvalue weighted by molar-refractivity contribution is 0.147. The lowest BCUT2D eigenvalue weighted by Crippen LogP contribution is -2.38. The van der Waals surface area contributed by atoms with Crippen molar-refractivity contribution in [3.8, 4) is 0 Å². The molecular formula is C18H24ClNO. The van der Waals surface area contributed by atoms with Crippen molar-refractivity contribution >= 4 is 22.6 Å². The maximum Gasteiger partial charge on any atom is 0.134 e. The molecule has 1 aromatic carbocycles. The Hall–Kier alpha value is -0.990. The van der Waals surface area contributed by atoms with E-state index >= 15 is 0 Å². The van der Waals surface area contributed by atoms with Crippen LogP contribution in [0.5, 0.6) is 0 Å². The van der Waals surface area contributed by atoms with E-state index in [1.807, 2.05) is 18.2 Å². The summed E-state index contributed by atoms with van der Waals surface area (Å²) in [5.41, 5.74) is 7.61. The number of furan rings is 1. The standard InChI is InChI=1S/C18H24ClNO/c1-18(2,3)12-4-6-15(20)14(10-12)17-9-11-8-13(19)5-7-16(11)21-17/h5,7-9,12,14-15H,4,6,10,20H2,1-3H3. The van der Waals surface area contributed by atoms with Crippen molar-refractivity contribution in [3.05, 3.63) is 35.0 Å². The molecule has 1 aliphatic carbocycles. The van der Waals surface area contributed by atoms with E-state index in [4.69, 9.17) is 21.8 Å². The molecule has 0 aliphatic heterocycles. The first-order valence-corrected chi connectivity index (χ1v) is 8.17. The normalized spacial score (nSPS) is 27.2. The van der Waals surface area contributed by atoms with Gasteiger partial charge in [-0.05, 0) is 54.9 Å². The smallest absolute Gasteiger partial charge is 0.134 e. The molecule has 1 heterocycles. The molecule has 1 aliphatic rings. The van der Waals surface area contributed by atoms with E-state index in [9.17, 15) is 0 Å². The lowest BCUT2D eigenvalue weighted by Gasteiger charge is -2.39. The maximum atomic E-state index is 6.38. The van der Waals surface area contributed by atoms with Crippen LogP contribution in [0, 0.1) is 11.3 Å². The summed E-state index contributed by atoms with van der Waals surface area (Å²) in [6.45, 7) is 6.97. The van der Waals surface area contributed by atoms with Crippen LogP contribution in [0.4, 0.5) is 0 Å². The Morgan fingerprint density at radius 2 is 1.95 bits per heavy atom. The van der Waals surface area contributed by atoms with E-state index in [-0.39, 0.29) is 6.04 Å². The monoisotopic (exact) mass is 305 g/mol. The van der Waals surface area contributed by atoms with Crippen LogP contribution in [0.1, 0.15) is 51.7 Å². The minimum Gasteiger partial charge on any atom is -0.461 e. The van der Waals surface area contributed by atoms with Crippen molar-refractivity contribution < 1.29 is 4.42 Å². The van der Waals surface area contributed by atoms with Crippen LogP contribution in [0.3, 0.4) is 0 Å². The fourth-order valence-electron chi connectivity index (χ4n) is 3.53. The lowest BCUT2D eigenvalue weighted by atomic mass is 9.67. The number of fused-ring (bicyclic) bond motifs is 1. The molecule has 1 fully saturated rings.